The molecule has 45 heavy (non-hydrogen) atoms. The lowest BCUT2D eigenvalue weighted by molar-refractivity contribution is -0.134. The minimum atomic E-state index is -0.620. The Morgan fingerprint density at radius 2 is 1.60 bits per heavy atom. The SMILES string of the molecule is O=C1CCC(c2ccc(CN3CCN(c4ccc([C@@H]5c6ccc(O)cc6OC[C@@H]5c5ccccc5)cc4)CC3)cc2F)C(=O)N1. The fourth-order valence-electron chi connectivity index (χ4n) is 7.06. The van der Waals surface area contributed by atoms with Crippen LogP contribution in [0.3, 0.4) is 0 Å². The molecule has 3 heterocycles. The molecule has 0 radical (unpaired) electrons. The number of hydrogen-bond donors (Lipinski definition) is 2. The number of nitrogens with zero attached hydrogens (tertiary/aromatic N) is 2. The molecule has 2 fully saturated rings. The van der Waals surface area contributed by atoms with Crippen LogP contribution < -0.4 is 15.0 Å². The number of carbonyl (C=O) groups excluding carboxylic acids is 2. The molecule has 7 nitrogen and oxygen atoms in total. The van der Waals surface area contributed by atoms with Crippen molar-refractivity contribution in [1.82, 2.24) is 10.2 Å². The van der Waals surface area contributed by atoms with Crippen molar-refractivity contribution in [2.45, 2.75) is 37.1 Å². The Labute approximate surface area is 262 Å². The van der Waals surface area contributed by atoms with Gasteiger partial charge in [-0.2, -0.15) is 0 Å². The number of phenols is 1. The van der Waals surface area contributed by atoms with Crippen molar-refractivity contribution in [3.05, 3.63) is 125 Å². The van der Waals surface area contributed by atoms with Crippen LogP contribution in [-0.2, 0) is 16.1 Å². The molecule has 3 atom stereocenters. The summed E-state index contributed by atoms with van der Waals surface area (Å²) < 4.78 is 21.1. The zero-order valence-corrected chi connectivity index (χ0v) is 25.0. The Morgan fingerprint density at radius 1 is 0.844 bits per heavy atom. The maximum absolute atomic E-state index is 15.0. The summed E-state index contributed by atoms with van der Waals surface area (Å²) in [5.41, 5.74) is 5.92. The Bertz CT molecular complexity index is 1700. The third-order valence-electron chi connectivity index (χ3n) is 9.46. The lowest BCUT2D eigenvalue weighted by Crippen LogP contribution is -2.46. The van der Waals surface area contributed by atoms with E-state index in [1.165, 1.54) is 22.9 Å². The van der Waals surface area contributed by atoms with Gasteiger partial charge in [-0.3, -0.25) is 19.8 Å². The van der Waals surface area contributed by atoms with Gasteiger partial charge in [-0.25, -0.2) is 4.39 Å². The topological polar surface area (TPSA) is 82.1 Å². The van der Waals surface area contributed by atoms with Gasteiger partial charge in [0.1, 0.15) is 17.3 Å². The third-order valence-corrected chi connectivity index (χ3v) is 9.46. The molecular weight excluding hydrogens is 569 g/mol. The summed E-state index contributed by atoms with van der Waals surface area (Å²) in [6.45, 7) is 4.61. The number of piperidine rings is 1. The fraction of sp³-hybridized carbons (Fsp3) is 0.297. The molecule has 7 rings (SSSR count). The molecule has 8 heteroatoms. The highest BCUT2D eigenvalue weighted by atomic mass is 19.1. The summed E-state index contributed by atoms with van der Waals surface area (Å²) in [5, 5.41) is 12.4. The molecule has 3 aliphatic rings. The Balaban J connectivity index is 1.01. The molecule has 4 aromatic carbocycles. The number of rotatable bonds is 6. The van der Waals surface area contributed by atoms with Gasteiger partial charge in [0.05, 0.1) is 12.5 Å². The van der Waals surface area contributed by atoms with Gasteiger partial charge in [0.2, 0.25) is 11.8 Å². The molecule has 0 saturated carbocycles. The van der Waals surface area contributed by atoms with Crippen molar-refractivity contribution >= 4 is 17.5 Å². The van der Waals surface area contributed by atoms with E-state index in [1.54, 1.807) is 18.2 Å². The molecule has 4 aromatic rings. The van der Waals surface area contributed by atoms with Crippen LogP contribution >= 0.6 is 0 Å². The van der Waals surface area contributed by atoms with E-state index in [9.17, 15) is 14.7 Å². The van der Waals surface area contributed by atoms with Crippen LogP contribution in [0.25, 0.3) is 0 Å². The molecule has 2 saturated heterocycles. The minimum absolute atomic E-state index is 0.101. The predicted molar refractivity (Wildman–Crippen MR) is 170 cm³/mol. The standard InChI is InChI=1S/C37H36FN3O4/c38-33-20-24(6-12-29(33)30-14-15-35(43)39-37(30)44)22-40-16-18-41(19-17-40)27-9-7-26(8-10-27)36-31-13-11-28(42)21-34(31)45-23-32(36)25-4-2-1-3-5-25/h1-13,20-21,30,32,36,42H,14-19,22-23H2,(H,39,43,44)/t30?,32-,36-/m1/s1. The lowest BCUT2D eigenvalue weighted by Gasteiger charge is -2.37. The van der Waals surface area contributed by atoms with Crippen molar-refractivity contribution < 1.29 is 23.8 Å². The first-order valence-corrected chi connectivity index (χ1v) is 15.6. The Morgan fingerprint density at radius 3 is 2.33 bits per heavy atom. The van der Waals surface area contributed by atoms with Crippen LogP contribution in [0.4, 0.5) is 10.1 Å². The van der Waals surface area contributed by atoms with E-state index in [0.29, 0.717) is 25.1 Å². The molecule has 0 bridgehead atoms. The van der Waals surface area contributed by atoms with Gasteiger partial charge in [-0.05, 0) is 47.4 Å². The van der Waals surface area contributed by atoms with Crippen molar-refractivity contribution in [3.8, 4) is 11.5 Å². The predicted octanol–water partition coefficient (Wildman–Crippen LogP) is 5.68. The van der Waals surface area contributed by atoms with Gasteiger partial charge in [-0.1, -0.05) is 60.7 Å². The van der Waals surface area contributed by atoms with Crippen LogP contribution in [0.1, 0.15) is 58.4 Å². The first-order valence-electron chi connectivity index (χ1n) is 15.6. The molecule has 230 valence electrons. The number of ether oxygens (including phenoxy) is 1. The number of nitrogens with one attached hydrogen (secondary N) is 1. The maximum atomic E-state index is 15.0. The zero-order valence-electron chi connectivity index (χ0n) is 25.0. The highest BCUT2D eigenvalue weighted by molar-refractivity contribution is 6.00. The fourth-order valence-corrected chi connectivity index (χ4v) is 7.06. The summed E-state index contributed by atoms with van der Waals surface area (Å²) in [7, 11) is 0. The molecule has 0 spiro atoms. The maximum Gasteiger partial charge on any atom is 0.234 e. The number of halogens is 1. The second-order valence-corrected chi connectivity index (χ2v) is 12.2. The molecular formula is C37H36FN3O4. The van der Waals surface area contributed by atoms with Gasteiger partial charge in [0, 0.05) is 73.9 Å². The van der Waals surface area contributed by atoms with Crippen LogP contribution in [-0.4, -0.2) is 54.6 Å². The van der Waals surface area contributed by atoms with Gasteiger partial charge in [0.25, 0.3) is 0 Å². The number of fused-ring (bicyclic) bond motifs is 1. The average molecular weight is 606 g/mol. The Kier molecular flexibility index (Phi) is 7.98. The Hall–Kier alpha value is -4.69. The van der Waals surface area contributed by atoms with Crippen molar-refractivity contribution in [3.63, 3.8) is 0 Å². The number of piperazine rings is 1. The first kappa shape index (κ1) is 29.0. The van der Waals surface area contributed by atoms with Crippen LogP contribution in [0.5, 0.6) is 11.5 Å². The minimum Gasteiger partial charge on any atom is -0.508 e. The third kappa shape index (κ3) is 6.02. The summed E-state index contributed by atoms with van der Waals surface area (Å²) in [6.07, 6.45) is 0.568. The monoisotopic (exact) mass is 605 g/mol. The number of phenolic OH excluding ortho intramolecular Hbond substituents is 1. The molecule has 1 unspecified atom stereocenters. The van der Waals surface area contributed by atoms with E-state index in [-0.39, 0.29) is 35.7 Å². The second-order valence-electron chi connectivity index (χ2n) is 12.2. The van der Waals surface area contributed by atoms with Gasteiger partial charge < -0.3 is 14.7 Å². The van der Waals surface area contributed by atoms with E-state index in [2.05, 4.69) is 63.6 Å². The highest BCUT2D eigenvalue weighted by Crippen LogP contribution is 2.47. The molecule has 0 aromatic heterocycles. The number of imide groups is 1. The number of anilines is 1. The van der Waals surface area contributed by atoms with Crippen molar-refractivity contribution in [1.29, 1.82) is 0 Å². The first-order chi connectivity index (χ1) is 21.9. The van der Waals surface area contributed by atoms with E-state index < -0.39 is 11.8 Å². The zero-order chi connectivity index (χ0) is 30.9. The van der Waals surface area contributed by atoms with E-state index in [4.69, 9.17) is 4.74 Å². The molecule has 2 amide bonds. The molecule has 2 N–H and O–H groups in total. The summed E-state index contributed by atoms with van der Waals surface area (Å²) in [4.78, 5) is 28.4. The normalized spacial score (nSPS) is 22.0. The average Bonchev–Trinajstić information content (AvgIpc) is 3.05. The number of hydrogen-bond acceptors (Lipinski definition) is 6. The second kappa shape index (κ2) is 12.4. The number of benzene rings is 4. The smallest absolute Gasteiger partial charge is 0.234 e. The van der Waals surface area contributed by atoms with E-state index >= 15 is 4.39 Å². The highest BCUT2D eigenvalue weighted by Gasteiger charge is 2.34. The van der Waals surface area contributed by atoms with Crippen molar-refractivity contribution in [2.75, 3.05) is 37.7 Å². The number of carbonyl (C=O) groups is 2. The lowest BCUT2D eigenvalue weighted by atomic mass is 9.76. The summed E-state index contributed by atoms with van der Waals surface area (Å²) >= 11 is 0. The quantitative estimate of drug-likeness (QED) is 0.275. The van der Waals surface area contributed by atoms with Crippen LogP contribution in [0.15, 0.2) is 91.0 Å². The van der Waals surface area contributed by atoms with Crippen LogP contribution in [0, 0.1) is 5.82 Å². The summed E-state index contributed by atoms with van der Waals surface area (Å²) in [6, 6.07) is 29.8. The molecule has 3 aliphatic heterocycles. The summed E-state index contributed by atoms with van der Waals surface area (Å²) in [5.74, 6) is -0.537. The number of amides is 2. The van der Waals surface area contributed by atoms with E-state index in [0.717, 1.165) is 43.1 Å². The largest absolute Gasteiger partial charge is 0.508 e. The van der Waals surface area contributed by atoms with Gasteiger partial charge in [-0.15, -0.1) is 0 Å². The van der Waals surface area contributed by atoms with E-state index in [1.807, 2.05) is 18.2 Å². The van der Waals surface area contributed by atoms with Crippen molar-refractivity contribution in [2.24, 2.45) is 0 Å². The van der Waals surface area contributed by atoms with Gasteiger partial charge in [0.15, 0.2) is 0 Å². The van der Waals surface area contributed by atoms with Crippen LogP contribution in [0.2, 0.25) is 0 Å². The number of aromatic hydroxyl groups is 1. The van der Waals surface area contributed by atoms with Gasteiger partial charge >= 0.3 is 0 Å². The molecule has 0 aliphatic carbocycles.